The first-order valence-electron chi connectivity index (χ1n) is 7.01. The Hall–Kier alpha value is -1.71. The fraction of sp³-hybridized carbons (Fsp3) is 0.533. The quantitative estimate of drug-likeness (QED) is 0.830. The third-order valence-corrected chi connectivity index (χ3v) is 3.74. The highest BCUT2D eigenvalue weighted by Gasteiger charge is 2.28. The van der Waals surface area contributed by atoms with Gasteiger partial charge in [0.2, 0.25) is 6.10 Å². The van der Waals surface area contributed by atoms with Crippen LogP contribution in [0.15, 0.2) is 12.1 Å². The Labute approximate surface area is 113 Å². The zero-order chi connectivity index (χ0) is 13.2. The molecule has 0 aromatic heterocycles. The van der Waals surface area contributed by atoms with Gasteiger partial charge in [-0.2, -0.15) is 0 Å². The van der Waals surface area contributed by atoms with Gasteiger partial charge in [-0.25, -0.2) is 4.79 Å². The smallest absolute Gasteiger partial charge is 0.349 e. The maximum absolute atomic E-state index is 11.7. The summed E-state index contributed by atoms with van der Waals surface area (Å²) in [4.78, 5) is 11.7. The molecule has 0 amide bonds. The minimum absolute atomic E-state index is 0.293. The average Bonchev–Trinajstić information content (AvgIpc) is 2.44. The minimum Gasteiger partial charge on any atom is -0.475 e. The monoisotopic (exact) mass is 261 g/mol. The fourth-order valence-corrected chi connectivity index (χ4v) is 2.76. The van der Waals surface area contributed by atoms with E-state index in [9.17, 15) is 4.79 Å². The van der Waals surface area contributed by atoms with Crippen molar-refractivity contribution in [2.24, 2.45) is 0 Å². The predicted molar refractivity (Wildman–Crippen MR) is 72.6 cm³/mol. The summed E-state index contributed by atoms with van der Waals surface area (Å²) in [7, 11) is 0. The summed E-state index contributed by atoms with van der Waals surface area (Å²) in [6.07, 6.45) is 4.22. The molecule has 4 heteroatoms. The second-order valence-electron chi connectivity index (χ2n) is 5.06. The van der Waals surface area contributed by atoms with Gasteiger partial charge in [0.05, 0.1) is 18.8 Å². The lowest BCUT2D eigenvalue weighted by Crippen LogP contribution is -2.39. The van der Waals surface area contributed by atoms with E-state index in [1.165, 1.54) is 24.0 Å². The highest BCUT2D eigenvalue weighted by Crippen LogP contribution is 2.35. The number of carbonyl (C=O) groups excluding carboxylic acids is 1. The van der Waals surface area contributed by atoms with Gasteiger partial charge in [-0.15, -0.1) is 0 Å². The van der Waals surface area contributed by atoms with Crippen molar-refractivity contribution in [3.63, 3.8) is 0 Å². The van der Waals surface area contributed by atoms with Crippen LogP contribution in [0.4, 0.5) is 5.69 Å². The molecule has 0 spiro atoms. The van der Waals surface area contributed by atoms with E-state index in [1.54, 1.807) is 6.92 Å². The molecule has 4 nitrogen and oxygen atoms in total. The van der Waals surface area contributed by atoms with Crippen LogP contribution in [0.5, 0.6) is 5.75 Å². The van der Waals surface area contributed by atoms with Gasteiger partial charge in [-0.3, -0.25) is 0 Å². The molecule has 2 aliphatic rings. The molecule has 1 aromatic carbocycles. The molecule has 1 unspecified atom stereocenters. The number of rotatable bonds is 2. The molecular formula is C15H19NO3. The number of ether oxygens (including phenoxy) is 2. The van der Waals surface area contributed by atoms with Crippen LogP contribution in [0.1, 0.15) is 30.9 Å². The summed E-state index contributed by atoms with van der Waals surface area (Å²) in [5.74, 6) is 0.489. The van der Waals surface area contributed by atoms with Gasteiger partial charge in [0.1, 0.15) is 5.75 Å². The van der Waals surface area contributed by atoms with E-state index in [2.05, 4.69) is 17.4 Å². The number of esters is 1. The van der Waals surface area contributed by atoms with Gasteiger partial charge in [-0.05, 0) is 55.9 Å². The lowest BCUT2D eigenvalue weighted by Gasteiger charge is -2.28. The van der Waals surface area contributed by atoms with Crippen LogP contribution < -0.4 is 10.1 Å². The first-order chi connectivity index (χ1) is 9.28. The zero-order valence-corrected chi connectivity index (χ0v) is 11.2. The van der Waals surface area contributed by atoms with E-state index in [1.807, 2.05) is 0 Å². The number of carbonyl (C=O) groups is 1. The molecule has 19 heavy (non-hydrogen) atoms. The second kappa shape index (κ2) is 5.11. The Morgan fingerprint density at radius 2 is 2.11 bits per heavy atom. The highest BCUT2D eigenvalue weighted by atomic mass is 16.6. The Balaban J connectivity index is 1.82. The number of hydrogen-bond donors (Lipinski definition) is 1. The summed E-state index contributed by atoms with van der Waals surface area (Å²) < 4.78 is 10.8. The molecule has 0 bridgehead atoms. The summed E-state index contributed by atoms with van der Waals surface area (Å²) in [5.41, 5.74) is 3.77. The van der Waals surface area contributed by atoms with E-state index in [0.29, 0.717) is 13.2 Å². The fourth-order valence-electron chi connectivity index (χ4n) is 2.76. The third-order valence-electron chi connectivity index (χ3n) is 3.74. The van der Waals surface area contributed by atoms with Gasteiger partial charge >= 0.3 is 5.97 Å². The molecule has 0 saturated heterocycles. The molecule has 0 fully saturated rings. The van der Waals surface area contributed by atoms with Gasteiger partial charge in [-0.1, -0.05) is 0 Å². The molecule has 1 atom stereocenters. The molecule has 1 N–H and O–H groups in total. The van der Waals surface area contributed by atoms with E-state index >= 15 is 0 Å². The van der Waals surface area contributed by atoms with Crippen LogP contribution >= 0.6 is 0 Å². The molecule has 1 aromatic rings. The van der Waals surface area contributed by atoms with Crippen LogP contribution in [0.2, 0.25) is 0 Å². The van der Waals surface area contributed by atoms with Crippen LogP contribution in [0.3, 0.4) is 0 Å². The number of nitrogens with one attached hydrogen (secondary N) is 1. The van der Waals surface area contributed by atoms with Gasteiger partial charge in [0.25, 0.3) is 0 Å². The Morgan fingerprint density at radius 1 is 1.37 bits per heavy atom. The average molecular weight is 261 g/mol. The first kappa shape index (κ1) is 12.3. The molecule has 102 valence electrons. The molecule has 3 rings (SSSR count). The van der Waals surface area contributed by atoms with Crippen molar-refractivity contribution in [3.8, 4) is 5.75 Å². The van der Waals surface area contributed by atoms with Gasteiger partial charge in [0, 0.05) is 0 Å². The first-order valence-corrected chi connectivity index (χ1v) is 7.01. The molecule has 1 heterocycles. The van der Waals surface area contributed by atoms with Crippen LogP contribution in [0, 0.1) is 0 Å². The van der Waals surface area contributed by atoms with Crippen LogP contribution in [-0.4, -0.2) is 25.2 Å². The Kier molecular flexibility index (Phi) is 3.32. The number of fused-ring (bicyclic) bond motifs is 2. The number of hydrogen-bond acceptors (Lipinski definition) is 4. The van der Waals surface area contributed by atoms with Crippen LogP contribution in [-0.2, 0) is 22.4 Å². The van der Waals surface area contributed by atoms with Gasteiger partial charge in [0.15, 0.2) is 0 Å². The maximum Gasteiger partial charge on any atom is 0.349 e. The molecular weight excluding hydrogens is 242 g/mol. The van der Waals surface area contributed by atoms with Crippen molar-refractivity contribution in [1.29, 1.82) is 0 Å². The lowest BCUT2D eigenvalue weighted by molar-refractivity contribution is -0.150. The van der Waals surface area contributed by atoms with E-state index < -0.39 is 6.10 Å². The summed E-state index contributed by atoms with van der Waals surface area (Å²) >= 11 is 0. The third kappa shape index (κ3) is 2.39. The van der Waals surface area contributed by atoms with Crippen molar-refractivity contribution >= 4 is 11.7 Å². The van der Waals surface area contributed by atoms with E-state index in [-0.39, 0.29) is 5.97 Å². The van der Waals surface area contributed by atoms with Crippen molar-refractivity contribution in [2.75, 3.05) is 18.5 Å². The normalized spacial score (nSPS) is 20.6. The standard InChI is InChI=1S/C15H19NO3/c1-2-18-15(17)14-9-16-12-7-10-5-3-4-6-11(10)8-13(12)19-14/h7-8,14,16H,2-6,9H2,1H3. The number of anilines is 1. The van der Waals surface area contributed by atoms with Crippen molar-refractivity contribution in [3.05, 3.63) is 23.3 Å². The van der Waals surface area contributed by atoms with Crippen molar-refractivity contribution in [1.82, 2.24) is 0 Å². The maximum atomic E-state index is 11.7. The molecule has 1 aliphatic carbocycles. The SMILES string of the molecule is CCOC(=O)C1CNc2cc3c(cc2O1)CCCC3. The van der Waals surface area contributed by atoms with Crippen LogP contribution in [0.25, 0.3) is 0 Å². The number of aryl methyl sites for hydroxylation is 2. The zero-order valence-electron chi connectivity index (χ0n) is 11.2. The molecule has 0 radical (unpaired) electrons. The summed E-state index contributed by atoms with van der Waals surface area (Å²) in [6, 6.07) is 4.26. The number of benzene rings is 1. The Morgan fingerprint density at radius 3 is 2.84 bits per heavy atom. The summed E-state index contributed by atoms with van der Waals surface area (Å²) in [6.45, 7) is 2.67. The summed E-state index contributed by atoms with van der Waals surface area (Å²) in [5, 5.41) is 3.28. The highest BCUT2D eigenvalue weighted by molar-refractivity contribution is 5.78. The van der Waals surface area contributed by atoms with Gasteiger partial charge < -0.3 is 14.8 Å². The lowest BCUT2D eigenvalue weighted by atomic mass is 9.91. The largest absolute Gasteiger partial charge is 0.475 e. The topological polar surface area (TPSA) is 47.6 Å². The predicted octanol–water partition coefficient (Wildman–Crippen LogP) is 2.30. The van der Waals surface area contributed by atoms with Crippen molar-refractivity contribution < 1.29 is 14.3 Å². The molecule has 0 saturated carbocycles. The van der Waals surface area contributed by atoms with E-state index in [4.69, 9.17) is 9.47 Å². The Bertz CT molecular complexity index is 498. The molecule has 1 aliphatic heterocycles. The minimum atomic E-state index is -0.533. The van der Waals surface area contributed by atoms with Crippen molar-refractivity contribution in [2.45, 2.75) is 38.7 Å². The second-order valence-corrected chi connectivity index (χ2v) is 5.06. The van der Waals surface area contributed by atoms with E-state index in [0.717, 1.165) is 24.3 Å².